The van der Waals surface area contributed by atoms with Crippen molar-refractivity contribution in [2.75, 3.05) is 6.54 Å². The lowest BCUT2D eigenvalue weighted by atomic mass is 10.1. The highest BCUT2D eigenvalue weighted by Gasteiger charge is 2.28. The fourth-order valence-electron chi connectivity index (χ4n) is 2.23. The van der Waals surface area contributed by atoms with Gasteiger partial charge >= 0.3 is 5.97 Å². The number of carboxylic acids is 1. The number of hydrogen-bond donors (Lipinski definition) is 2. The van der Waals surface area contributed by atoms with Crippen molar-refractivity contribution in [2.24, 2.45) is 0 Å². The first-order valence-electron chi connectivity index (χ1n) is 7.89. The van der Waals surface area contributed by atoms with Gasteiger partial charge in [-0.2, -0.15) is 0 Å². The summed E-state index contributed by atoms with van der Waals surface area (Å²) in [6.45, 7) is 3.25. The number of carbonyl (C=O) groups excluding carboxylic acids is 1. The summed E-state index contributed by atoms with van der Waals surface area (Å²) >= 11 is 0. The summed E-state index contributed by atoms with van der Waals surface area (Å²) in [4.78, 5) is 24.9. The minimum atomic E-state index is -3.57. The molecule has 132 valence electrons. The molecule has 8 heteroatoms. The molecule has 0 heterocycles. The van der Waals surface area contributed by atoms with Crippen LogP contribution >= 0.6 is 0 Å². The Morgan fingerprint density at radius 1 is 1.29 bits per heavy atom. The second-order valence-electron chi connectivity index (χ2n) is 6.00. The van der Waals surface area contributed by atoms with Crippen LogP contribution in [0.1, 0.15) is 43.5 Å². The Kier molecular flexibility index (Phi) is 5.61. The summed E-state index contributed by atoms with van der Waals surface area (Å²) < 4.78 is 26.8. The Bertz CT molecular complexity index is 710. The summed E-state index contributed by atoms with van der Waals surface area (Å²) in [6.07, 6.45) is 2.31. The number of benzene rings is 1. The van der Waals surface area contributed by atoms with Crippen LogP contribution in [0.3, 0.4) is 0 Å². The van der Waals surface area contributed by atoms with Crippen molar-refractivity contribution >= 4 is 21.9 Å². The van der Waals surface area contributed by atoms with Crippen LogP contribution in [-0.4, -0.2) is 48.9 Å². The van der Waals surface area contributed by atoms with Gasteiger partial charge < -0.3 is 10.0 Å². The molecular formula is C16H22N2O5S. The Balaban J connectivity index is 2.18. The number of carbonyl (C=O) groups is 2. The average molecular weight is 354 g/mol. The number of aliphatic carboxylic acids is 1. The van der Waals surface area contributed by atoms with Gasteiger partial charge in [0.05, 0.1) is 4.90 Å². The van der Waals surface area contributed by atoms with E-state index in [9.17, 15) is 18.0 Å². The highest BCUT2D eigenvalue weighted by molar-refractivity contribution is 7.89. The second-order valence-corrected chi connectivity index (χ2v) is 7.72. The SMILES string of the molecule is CCC(C)N(CC(=O)O)C(=O)c1ccc(S(=O)(=O)NC2CC2)cc1. The van der Waals surface area contributed by atoms with Gasteiger partial charge in [0.2, 0.25) is 10.0 Å². The summed E-state index contributed by atoms with van der Waals surface area (Å²) in [7, 11) is -3.57. The third-order valence-corrected chi connectivity index (χ3v) is 5.54. The number of carboxylic acid groups (broad SMARTS) is 1. The molecule has 0 bridgehead atoms. The summed E-state index contributed by atoms with van der Waals surface area (Å²) in [6, 6.07) is 5.35. The monoisotopic (exact) mass is 354 g/mol. The van der Waals surface area contributed by atoms with Crippen molar-refractivity contribution in [3.8, 4) is 0 Å². The zero-order chi connectivity index (χ0) is 17.9. The molecule has 2 rings (SSSR count). The van der Waals surface area contributed by atoms with Crippen LogP contribution in [0.4, 0.5) is 0 Å². The van der Waals surface area contributed by atoms with Gasteiger partial charge in [-0.1, -0.05) is 6.92 Å². The number of sulfonamides is 1. The maximum absolute atomic E-state index is 12.5. The molecule has 7 nitrogen and oxygen atoms in total. The number of nitrogens with zero attached hydrogens (tertiary/aromatic N) is 1. The summed E-state index contributed by atoms with van der Waals surface area (Å²) in [5.74, 6) is -1.51. The van der Waals surface area contributed by atoms with E-state index in [1.165, 1.54) is 29.2 Å². The van der Waals surface area contributed by atoms with E-state index in [1.807, 2.05) is 6.92 Å². The molecule has 1 atom stereocenters. The maximum atomic E-state index is 12.5. The molecule has 2 N–H and O–H groups in total. The molecule has 1 aromatic carbocycles. The molecule has 0 aromatic heterocycles. The molecule has 1 unspecified atom stereocenters. The first kappa shape index (κ1) is 18.4. The smallest absolute Gasteiger partial charge is 0.323 e. The normalized spacial score (nSPS) is 15.8. The minimum absolute atomic E-state index is 0.00719. The first-order chi connectivity index (χ1) is 11.2. The van der Waals surface area contributed by atoms with Crippen molar-refractivity contribution in [2.45, 2.75) is 50.1 Å². The molecule has 1 amide bonds. The van der Waals surface area contributed by atoms with Crippen molar-refractivity contribution in [1.82, 2.24) is 9.62 Å². The van der Waals surface area contributed by atoms with Crippen LogP contribution in [0.5, 0.6) is 0 Å². The fourth-order valence-corrected chi connectivity index (χ4v) is 3.53. The van der Waals surface area contributed by atoms with E-state index in [0.29, 0.717) is 6.42 Å². The highest BCUT2D eigenvalue weighted by Crippen LogP contribution is 2.22. The highest BCUT2D eigenvalue weighted by atomic mass is 32.2. The Hall–Kier alpha value is -1.93. The Morgan fingerprint density at radius 2 is 1.88 bits per heavy atom. The zero-order valence-corrected chi connectivity index (χ0v) is 14.5. The molecule has 0 aliphatic heterocycles. The van der Waals surface area contributed by atoms with Crippen LogP contribution in [0.2, 0.25) is 0 Å². The third kappa shape index (κ3) is 4.55. The minimum Gasteiger partial charge on any atom is -0.480 e. The molecule has 1 aromatic rings. The summed E-state index contributed by atoms with van der Waals surface area (Å²) in [5, 5.41) is 8.98. The number of amides is 1. The largest absolute Gasteiger partial charge is 0.480 e. The van der Waals surface area contributed by atoms with Gasteiger partial charge in [-0.15, -0.1) is 0 Å². The van der Waals surface area contributed by atoms with E-state index in [2.05, 4.69) is 4.72 Å². The number of rotatable bonds is 8. The van der Waals surface area contributed by atoms with Crippen LogP contribution in [0.25, 0.3) is 0 Å². The molecular weight excluding hydrogens is 332 g/mol. The van der Waals surface area contributed by atoms with E-state index < -0.39 is 28.4 Å². The van der Waals surface area contributed by atoms with E-state index in [4.69, 9.17) is 5.11 Å². The standard InChI is InChI=1S/C16H22N2O5S/c1-3-11(2)18(10-15(19)20)16(21)12-4-8-14(9-5-12)24(22,23)17-13-6-7-13/h4-5,8-9,11,13,17H,3,6-7,10H2,1-2H3,(H,19,20). The molecule has 1 aliphatic rings. The van der Waals surface area contributed by atoms with E-state index in [0.717, 1.165) is 12.8 Å². The summed E-state index contributed by atoms with van der Waals surface area (Å²) in [5.41, 5.74) is 0.266. The van der Waals surface area contributed by atoms with E-state index >= 15 is 0 Å². The van der Waals surface area contributed by atoms with Gasteiger partial charge in [-0.3, -0.25) is 9.59 Å². The zero-order valence-electron chi connectivity index (χ0n) is 13.7. The fraction of sp³-hybridized carbons (Fsp3) is 0.500. The van der Waals surface area contributed by atoms with E-state index in [1.54, 1.807) is 6.92 Å². The maximum Gasteiger partial charge on any atom is 0.323 e. The quantitative estimate of drug-likeness (QED) is 0.735. The van der Waals surface area contributed by atoms with Gasteiger partial charge in [-0.05, 0) is 50.5 Å². The van der Waals surface area contributed by atoms with Crippen molar-refractivity contribution in [3.05, 3.63) is 29.8 Å². The van der Waals surface area contributed by atoms with Gasteiger partial charge in [0.25, 0.3) is 5.91 Å². The Labute approximate surface area is 141 Å². The lowest BCUT2D eigenvalue weighted by Crippen LogP contribution is -2.41. The third-order valence-electron chi connectivity index (χ3n) is 4.00. The molecule has 1 saturated carbocycles. The predicted molar refractivity (Wildman–Crippen MR) is 88.2 cm³/mol. The van der Waals surface area contributed by atoms with Crippen LogP contribution < -0.4 is 4.72 Å². The molecule has 1 fully saturated rings. The lowest BCUT2D eigenvalue weighted by Gasteiger charge is -2.27. The molecule has 24 heavy (non-hydrogen) atoms. The molecule has 1 aliphatic carbocycles. The molecule has 0 saturated heterocycles. The van der Waals surface area contributed by atoms with E-state index in [-0.39, 0.29) is 22.5 Å². The predicted octanol–water partition coefficient (Wildman–Crippen LogP) is 1.45. The number of hydrogen-bond acceptors (Lipinski definition) is 4. The van der Waals surface area contributed by atoms with Crippen LogP contribution in [0, 0.1) is 0 Å². The van der Waals surface area contributed by atoms with Crippen LogP contribution in [0.15, 0.2) is 29.2 Å². The van der Waals surface area contributed by atoms with Crippen LogP contribution in [-0.2, 0) is 14.8 Å². The molecule has 0 radical (unpaired) electrons. The van der Waals surface area contributed by atoms with Gasteiger partial charge in [0.1, 0.15) is 6.54 Å². The lowest BCUT2D eigenvalue weighted by molar-refractivity contribution is -0.138. The van der Waals surface area contributed by atoms with Crippen molar-refractivity contribution in [1.29, 1.82) is 0 Å². The second kappa shape index (κ2) is 7.31. The van der Waals surface area contributed by atoms with Gasteiger partial charge in [0.15, 0.2) is 0 Å². The Morgan fingerprint density at radius 3 is 2.33 bits per heavy atom. The molecule has 0 spiro atoms. The topological polar surface area (TPSA) is 104 Å². The number of nitrogens with one attached hydrogen (secondary N) is 1. The average Bonchev–Trinajstić information content (AvgIpc) is 3.34. The van der Waals surface area contributed by atoms with Crippen molar-refractivity contribution in [3.63, 3.8) is 0 Å². The van der Waals surface area contributed by atoms with Crippen molar-refractivity contribution < 1.29 is 23.1 Å². The van der Waals surface area contributed by atoms with Gasteiger partial charge in [0, 0.05) is 17.6 Å². The van der Waals surface area contributed by atoms with Gasteiger partial charge in [-0.25, -0.2) is 13.1 Å². The first-order valence-corrected chi connectivity index (χ1v) is 9.38.